The molecule has 1 aliphatic rings. The normalized spacial score (nSPS) is 18.9. The summed E-state index contributed by atoms with van der Waals surface area (Å²) in [6.45, 7) is 4.22. The average Bonchev–Trinajstić information content (AvgIpc) is 3.02. The summed E-state index contributed by atoms with van der Waals surface area (Å²) in [5.74, 6) is -0.0652. The van der Waals surface area contributed by atoms with Gasteiger partial charge in [0.05, 0.1) is 22.9 Å². The number of pyridine rings is 1. The van der Waals surface area contributed by atoms with E-state index in [1.165, 1.54) is 0 Å². The number of hydrogen-bond donors (Lipinski definition) is 1. The van der Waals surface area contributed by atoms with Crippen molar-refractivity contribution in [1.29, 1.82) is 0 Å². The van der Waals surface area contributed by atoms with Gasteiger partial charge < -0.3 is 10.0 Å². The fraction of sp³-hybridized carbons (Fsp3) is 0.368. The number of likely N-dealkylation sites (tertiary alicyclic amines) is 1. The van der Waals surface area contributed by atoms with Crippen LogP contribution in [0.15, 0.2) is 42.5 Å². The van der Waals surface area contributed by atoms with Crippen LogP contribution in [0.25, 0.3) is 17.0 Å². The standard InChI is InChI=1S/C19H22N2O2/c1-19(2,23)17-8-5-13-21(17)18(22)12-11-15-10-9-14-6-3-4-7-16(14)20-15/h3-4,6-7,9-12,17,23H,5,8,13H2,1-2H3/b12-11+. The monoisotopic (exact) mass is 310 g/mol. The average molecular weight is 310 g/mol. The smallest absolute Gasteiger partial charge is 0.246 e. The highest BCUT2D eigenvalue weighted by Gasteiger charge is 2.37. The summed E-state index contributed by atoms with van der Waals surface area (Å²) in [6, 6.07) is 11.7. The third kappa shape index (κ3) is 3.42. The lowest BCUT2D eigenvalue weighted by atomic mass is 9.96. The second-order valence-electron chi connectivity index (χ2n) is 6.61. The summed E-state index contributed by atoms with van der Waals surface area (Å²) < 4.78 is 0. The minimum Gasteiger partial charge on any atom is -0.388 e. The van der Waals surface area contributed by atoms with Crippen LogP contribution in [-0.4, -0.2) is 39.1 Å². The van der Waals surface area contributed by atoms with Crippen LogP contribution in [0.2, 0.25) is 0 Å². The molecule has 0 saturated carbocycles. The number of carbonyl (C=O) groups excluding carboxylic acids is 1. The summed E-state index contributed by atoms with van der Waals surface area (Å²) in [6.07, 6.45) is 5.08. The van der Waals surface area contributed by atoms with Crippen molar-refractivity contribution in [2.45, 2.75) is 38.3 Å². The number of benzene rings is 1. The van der Waals surface area contributed by atoms with Gasteiger partial charge in [0.25, 0.3) is 0 Å². The second-order valence-corrected chi connectivity index (χ2v) is 6.61. The third-order valence-electron chi connectivity index (χ3n) is 4.37. The predicted octanol–water partition coefficient (Wildman–Crippen LogP) is 3.01. The van der Waals surface area contributed by atoms with Crippen LogP contribution in [0.3, 0.4) is 0 Å². The minimum absolute atomic E-state index is 0.0652. The highest BCUT2D eigenvalue weighted by atomic mass is 16.3. The Kier molecular flexibility index (Phi) is 4.18. The van der Waals surface area contributed by atoms with Crippen molar-refractivity contribution in [2.75, 3.05) is 6.54 Å². The van der Waals surface area contributed by atoms with Gasteiger partial charge in [0, 0.05) is 18.0 Å². The predicted molar refractivity (Wildman–Crippen MR) is 91.8 cm³/mol. The molecule has 4 nitrogen and oxygen atoms in total. The second kappa shape index (κ2) is 6.13. The Morgan fingerprint density at radius 2 is 2.09 bits per heavy atom. The lowest BCUT2D eigenvalue weighted by molar-refractivity contribution is -0.131. The SMILES string of the molecule is CC(C)(O)C1CCCN1C(=O)/C=C/c1ccc2ccccc2n1. The van der Waals surface area contributed by atoms with Gasteiger partial charge in [-0.1, -0.05) is 24.3 Å². The molecule has 0 aliphatic carbocycles. The van der Waals surface area contributed by atoms with Gasteiger partial charge in [-0.15, -0.1) is 0 Å². The van der Waals surface area contributed by atoms with E-state index in [1.54, 1.807) is 30.9 Å². The number of fused-ring (bicyclic) bond motifs is 1. The van der Waals surface area contributed by atoms with Gasteiger partial charge >= 0.3 is 0 Å². The first-order chi connectivity index (χ1) is 10.9. The van der Waals surface area contributed by atoms with Crippen molar-refractivity contribution in [3.63, 3.8) is 0 Å². The Hall–Kier alpha value is -2.20. The van der Waals surface area contributed by atoms with Crippen LogP contribution in [0.5, 0.6) is 0 Å². The molecule has 1 N–H and O–H groups in total. The Labute approximate surface area is 136 Å². The summed E-state index contributed by atoms with van der Waals surface area (Å²) in [5, 5.41) is 11.3. The zero-order valence-electron chi connectivity index (χ0n) is 13.6. The van der Waals surface area contributed by atoms with Gasteiger partial charge in [-0.25, -0.2) is 4.98 Å². The van der Waals surface area contributed by atoms with Crippen LogP contribution in [0, 0.1) is 0 Å². The Morgan fingerprint density at radius 3 is 2.87 bits per heavy atom. The lowest BCUT2D eigenvalue weighted by Gasteiger charge is -2.33. The molecular formula is C19H22N2O2. The van der Waals surface area contributed by atoms with Crippen LogP contribution < -0.4 is 0 Å². The molecule has 3 rings (SSSR count). The van der Waals surface area contributed by atoms with E-state index in [1.807, 2.05) is 36.4 Å². The van der Waals surface area contributed by atoms with E-state index in [-0.39, 0.29) is 11.9 Å². The molecule has 0 radical (unpaired) electrons. The van der Waals surface area contributed by atoms with Crippen LogP contribution in [0.4, 0.5) is 0 Å². The number of para-hydroxylation sites is 1. The van der Waals surface area contributed by atoms with Crippen molar-refractivity contribution in [2.24, 2.45) is 0 Å². The molecule has 1 atom stereocenters. The molecular weight excluding hydrogens is 288 g/mol. The Morgan fingerprint density at radius 1 is 1.30 bits per heavy atom. The van der Waals surface area contributed by atoms with E-state index < -0.39 is 5.60 Å². The Bertz CT molecular complexity index is 746. The number of amides is 1. The molecule has 0 spiro atoms. The highest BCUT2D eigenvalue weighted by Crippen LogP contribution is 2.27. The Balaban J connectivity index is 1.77. The van der Waals surface area contributed by atoms with E-state index in [4.69, 9.17) is 0 Å². The first kappa shape index (κ1) is 15.7. The van der Waals surface area contributed by atoms with E-state index in [0.29, 0.717) is 6.54 Å². The molecule has 23 heavy (non-hydrogen) atoms. The molecule has 0 bridgehead atoms. The van der Waals surface area contributed by atoms with Gasteiger partial charge in [-0.2, -0.15) is 0 Å². The topological polar surface area (TPSA) is 53.4 Å². The van der Waals surface area contributed by atoms with Crippen molar-refractivity contribution < 1.29 is 9.90 Å². The van der Waals surface area contributed by atoms with Crippen molar-refractivity contribution in [1.82, 2.24) is 9.88 Å². The summed E-state index contributed by atoms with van der Waals surface area (Å²) in [5.41, 5.74) is 0.801. The van der Waals surface area contributed by atoms with Crippen molar-refractivity contribution in [3.8, 4) is 0 Å². The lowest BCUT2D eigenvalue weighted by Crippen LogP contribution is -2.47. The largest absolute Gasteiger partial charge is 0.388 e. The van der Waals surface area contributed by atoms with Gasteiger partial charge in [0.15, 0.2) is 0 Å². The number of hydrogen-bond acceptors (Lipinski definition) is 3. The maximum absolute atomic E-state index is 12.4. The summed E-state index contributed by atoms with van der Waals surface area (Å²) in [7, 11) is 0. The van der Waals surface area contributed by atoms with Gasteiger partial charge in [-0.3, -0.25) is 4.79 Å². The molecule has 4 heteroatoms. The van der Waals surface area contributed by atoms with Gasteiger partial charge in [0.1, 0.15) is 0 Å². The fourth-order valence-corrected chi connectivity index (χ4v) is 3.19. The van der Waals surface area contributed by atoms with E-state index in [2.05, 4.69) is 4.98 Å². The van der Waals surface area contributed by atoms with Crippen LogP contribution in [0.1, 0.15) is 32.4 Å². The molecule has 1 saturated heterocycles. The molecule has 1 aliphatic heterocycles. The van der Waals surface area contributed by atoms with Crippen molar-refractivity contribution >= 4 is 22.9 Å². The fourth-order valence-electron chi connectivity index (χ4n) is 3.19. The molecule has 2 heterocycles. The number of aliphatic hydroxyl groups is 1. The molecule has 2 aromatic rings. The molecule has 1 amide bonds. The third-order valence-corrected chi connectivity index (χ3v) is 4.37. The zero-order chi connectivity index (χ0) is 16.4. The van der Waals surface area contributed by atoms with Crippen molar-refractivity contribution in [3.05, 3.63) is 48.2 Å². The zero-order valence-corrected chi connectivity index (χ0v) is 13.6. The molecule has 1 unspecified atom stereocenters. The number of rotatable bonds is 3. The highest BCUT2D eigenvalue weighted by molar-refractivity contribution is 5.92. The maximum atomic E-state index is 12.4. The molecule has 1 aromatic carbocycles. The molecule has 1 aromatic heterocycles. The van der Waals surface area contributed by atoms with Crippen LogP contribution in [-0.2, 0) is 4.79 Å². The van der Waals surface area contributed by atoms with Gasteiger partial charge in [-0.05, 0) is 44.9 Å². The van der Waals surface area contributed by atoms with Crippen LogP contribution >= 0.6 is 0 Å². The van der Waals surface area contributed by atoms with E-state index >= 15 is 0 Å². The summed E-state index contributed by atoms with van der Waals surface area (Å²) >= 11 is 0. The maximum Gasteiger partial charge on any atom is 0.246 e. The number of aromatic nitrogens is 1. The summed E-state index contributed by atoms with van der Waals surface area (Å²) in [4.78, 5) is 18.7. The minimum atomic E-state index is -0.874. The quantitative estimate of drug-likeness (QED) is 0.887. The van der Waals surface area contributed by atoms with E-state index in [9.17, 15) is 9.90 Å². The number of nitrogens with zero attached hydrogens (tertiary/aromatic N) is 2. The van der Waals surface area contributed by atoms with Gasteiger partial charge in [0.2, 0.25) is 5.91 Å². The molecule has 120 valence electrons. The van der Waals surface area contributed by atoms with E-state index in [0.717, 1.165) is 29.4 Å². The molecule has 1 fully saturated rings. The first-order valence-corrected chi connectivity index (χ1v) is 8.02. The number of carbonyl (C=O) groups is 1. The first-order valence-electron chi connectivity index (χ1n) is 8.02.